The van der Waals surface area contributed by atoms with Crippen molar-refractivity contribution >= 4 is 0 Å². The maximum atomic E-state index is 6.01. The highest BCUT2D eigenvalue weighted by Crippen LogP contribution is 2.13. The van der Waals surface area contributed by atoms with Crippen LogP contribution < -0.4 is 5.73 Å². The summed E-state index contributed by atoms with van der Waals surface area (Å²) >= 11 is 0. The second-order valence-corrected chi connectivity index (χ2v) is 6.58. The average Bonchev–Trinajstić information content (AvgIpc) is 2.47. The smallest absolute Gasteiger partial charge is 0.0218 e. The van der Waals surface area contributed by atoms with E-state index in [1.165, 1.54) is 70.9 Å². The maximum absolute atomic E-state index is 6.01. The Bertz CT molecular complexity index is 207. The third kappa shape index (κ3) is 12.1. The van der Waals surface area contributed by atoms with Crippen LogP contribution in [0.1, 0.15) is 71.6 Å². The molecule has 0 rings (SSSR count). The van der Waals surface area contributed by atoms with Crippen LogP contribution in [0.3, 0.4) is 0 Å². The minimum atomic E-state index is 0.591. The van der Waals surface area contributed by atoms with Gasteiger partial charge in [0.05, 0.1) is 0 Å². The van der Waals surface area contributed by atoms with Crippen molar-refractivity contribution in [2.24, 2.45) is 5.73 Å². The Morgan fingerprint density at radius 3 is 1.95 bits per heavy atom. The van der Waals surface area contributed by atoms with Crippen molar-refractivity contribution in [1.82, 2.24) is 9.80 Å². The van der Waals surface area contributed by atoms with Gasteiger partial charge in [0.2, 0.25) is 0 Å². The molecule has 0 aromatic rings. The molecule has 21 heavy (non-hydrogen) atoms. The zero-order chi connectivity index (χ0) is 15.9. The molecule has 0 spiro atoms. The summed E-state index contributed by atoms with van der Waals surface area (Å²) in [6, 6.07) is 0.591. The summed E-state index contributed by atoms with van der Waals surface area (Å²) in [6.45, 7) is 8.85. The Labute approximate surface area is 134 Å². The lowest BCUT2D eigenvalue weighted by Gasteiger charge is -2.30. The zero-order valence-electron chi connectivity index (χ0n) is 15.2. The lowest BCUT2D eigenvalue weighted by atomic mass is 10.0. The first-order valence-electron chi connectivity index (χ1n) is 9.24. The molecule has 0 aliphatic carbocycles. The third-order valence-corrected chi connectivity index (χ3v) is 4.39. The molecule has 3 nitrogen and oxygen atoms in total. The monoisotopic (exact) mass is 299 g/mol. The van der Waals surface area contributed by atoms with E-state index in [0.717, 1.165) is 13.1 Å². The van der Waals surface area contributed by atoms with E-state index in [-0.39, 0.29) is 0 Å². The van der Waals surface area contributed by atoms with Crippen molar-refractivity contribution in [3.63, 3.8) is 0 Å². The van der Waals surface area contributed by atoms with Gasteiger partial charge in [-0.2, -0.15) is 0 Å². The molecule has 0 bridgehead atoms. The zero-order valence-corrected chi connectivity index (χ0v) is 15.2. The fraction of sp³-hybridized carbons (Fsp3) is 1.00. The first-order chi connectivity index (χ1) is 10.2. The van der Waals surface area contributed by atoms with Gasteiger partial charge in [0.25, 0.3) is 0 Å². The topological polar surface area (TPSA) is 32.5 Å². The van der Waals surface area contributed by atoms with Crippen molar-refractivity contribution < 1.29 is 0 Å². The van der Waals surface area contributed by atoms with Gasteiger partial charge in [0.15, 0.2) is 0 Å². The third-order valence-electron chi connectivity index (χ3n) is 4.39. The van der Waals surface area contributed by atoms with E-state index in [2.05, 4.69) is 37.7 Å². The molecule has 0 heterocycles. The molecule has 0 saturated carbocycles. The Kier molecular flexibility index (Phi) is 14.7. The number of hydrogen-bond acceptors (Lipinski definition) is 3. The summed E-state index contributed by atoms with van der Waals surface area (Å²) in [6.07, 6.45) is 12.2. The molecule has 0 radical (unpaired) electrons. The van der Waals surface area contributed by atoms with Gasteiger partial charge < -0.3 is 10.6 Å². The minimum absolute atomic E-state index is 0.591. The van der Waals surface area contributed by atoms with Crippen molar-refractivity contribution in [3.8, 4) is 0 Å². The Morgan fingerprint density at radius 1 is 0.810 bits per heavy atom. The van der Waals surface area contributed by atoms with Crippen LogP contribution in [0, 0.1) is 0 Å². The molecule has 0 fully saturated rings. The fourth-order valence-electron chi connectivity index (χ4n) is 2.98. The molecule has 0 aromatic carbocycles. The summed E-state index contributed by atoms with van der Waals surface area (Å²) in [5.41, 5.74) is 6.01. The molecule has 0 aliphatic heterocycles. The van der Waals surface area contributed by atoms with E-state index >= 15 is 0 Å². The second kappa shape index (κ2) is 14.8. The molecule has 1 atom stereocenters. The number of likely N-dealkylation sites (N-methyl/N-ethyl adjacent to an activating group) is 1. The number of rotatable bonds is 15. The van der Waals surface area contributed by atoms with Crippen molar-refractivity contribution in [2.45, 2.75) is 77.7 Å². The van der Waals surface area contributed by atoms with Gasteiger partial charge in [-0.15, -0.1) is 0 Å². The second-order valence-electron chi connectivity index (χ2n) is 6.58. The van der Waals surface area contributed by atoms with Crippen LogP contribution in [0.2, 0.25) is 0 Å². The Hall–Kier alpha value is -0.120. The van der Waals surface area contributed by atoms with Crippen LogP contribution >= 0.6 is 0 Å². The first-order valence-corrected chi connectivity index (χ1v) is 9.24. The molecule has 128 valence electrons. The highest BCUT2D eigenvalue weighted by Gasteiger charge is 2.14. The van der Waals surface area contributed by atoms with Crippen LogP contribution in [-0.2, 0) is 0 Å². The van der Waals surface area contributed by atoms with Gasteiger partial charge in [0.1, 0.15) is 0 Å². The lowest BCUT2D eigenvalue weighted by molar-refractivity contribution is 0.188. The van der Waals surface area contributed by atoms with E-state index in [1.54, 1.807) is 0 Å². The van der Waals surface area contributed by atoms with Gasteiger partial charge in [0, 0.05) is 12.6 Å². The van der Waals surface area contributed by atoms with Crippen LogP contribution in [0.15, 0.2) is 0 Å². The van der Waals surface area contributed by atoms with Crippen molar-refractivity contribution in [3.05, 3.63) is 0 Å². The molecule has 0 aromatic heterocycles. The quantitative estimate of drug-likeness (QED) is 0.468. The number of nitrogens with two attached hydrogens (primary N) is 1. The Morgan fingerprint density at radius 2 is 1.43 bits per heavy atom. The lowest BCUT2D eigenvalue weighted by Crippen LogP contribution is -2.41. The minimum Gasteiger partial charge on any atom is -0.329 e. The van der Waals surface area contributed by atoms with E-state index in [0.29, 0.717) is 6.04 Å². The number of hydrogen-bond donors (Lipinski definition) is 1. The van der Waals surface area contributed by atoms with Crippen molar-refractivity contribution in [2.75, 3.05) is 40.3 Å². The summed E-state index contributed by atoms with van der Waals surface area (Å²) in [5, 5.41) is 0. The molecule has 0 amide bonds. The molecule has 1 unspecified atom stereocenters. The van der Waals surface area contributed by atoms with Crippen LogP contribution in [0.5, 0.6) is 0 Å². The molecule has 2 N–H and O–H groups in total. The Balaban J connectivity index is 3.77. The number of unbranched alkanes of at least 4 members (excludes halogenated alkanes) is 6. The standard InChI is InChI=1S/C18H41N3/c1-5-7-8-9-10-11-12-14-18(17-19)21(6-2)16-13-15-20(3)4/h18H,5-17,19H2,1-4H3. The summed E-state index contributed by atoms with van der Waals surface area (Å²) in [5.74, 6) is 0. The molecular formula is C18H41N3. The van der Waals surface area contributed by atoms with Gasteiger partial charge in [-0.3, -0.25) is 4.90 Å². The normalized spacial score (nSPS) is 13.3. The maximum Gasteiger partial charge on any atom is 0.0218 e. The predicted octanol–water partition coefficient (Wildman–Crippen LogP) is 3.73. The van der Waals surface area contributed by atoms with E-state index in [9.17, 15) is 0 Å². The van der Waals surface area contributed by atoms with Crippen LogP contribution in [0.4, 0.5) is 0 Å². The predicted molar refractivity (Wildman–Crippen MR) is 95.9 cm³/mol. The van der Waals surface area contributed by atoms with Gasteiger partial charge in [-0.1, -0.05) is 58.8 Å². The van der Waals surface area contributed by atoms with Gasteiger partial charge >= 0.3 is 0 Å². The van der Waals surface area contributed by atoms with E-state index in [1.807, 2.05) is 0 Å². The molecule has 0 aliphatic rings. The molecule has 3 heteroatoms. The SMILES string of the molecule is CCCCCCCCCC(CN)N(CC)CCCN(C)C. The summed E-state index contributed by atoms with van der Waals surface area (Å²) in [7, 11) is 4.30. The molecule has 0 saturated heterocycles. The highest BCUT2D eigenvalue weighted by atomic mass is 15.2. The van der Waals surface area contributed by atoms with E-state index < -0.39 is 0 Å². The largest absolute Gasteiger partial charge is 0.329 e. The molecular weight excluding hydrogens is 258 g/mol. The van der Waals surface area contributed by atoms with Gasteiger partial charge in [-0.25, -0.2) is 0 Å². The number of nitrogens with zero attached hydrogens (tertiary/aromatic N) is 2. The summed E-state index contributed by atoms with van der Waals surface area (Å²) in [4.78, 5) is 4.85. The fourth-order valence-corrected chi connectivity index (χ4v) is 2.98. The highest BCUT2D eigenvalue weighted by molar-refractivity contribution is 4.72. The first kappa shape index (κ1) is 20.9. The van der Waals surface area contributed by atoms with Crippen LogP contribution in [0.25, 0.3) is 0 Å². The van der Waals surface area contributed by atoms with Crippen LogP contribution in [-0.4, -0.2) is 56.1 Å². The van der Waals surface area contributed by atoms with E-state index in [4.69, 9.17) is 5.73 Å². The van der Waals surface area contributed by atoms with Gasteiger partial charge in [-0.05, 0) is 46.6 Å². The van der Waals surface area contributed by atoms with Crippen molar-refractivity contribution in [1.29, 1.82) is 0 Å². The summed E-state index contributed by atoms with van der Waals surface area (Å²) < 4.78 is 0. The average molecular weight is 300 g/mol.